The van der Waals surface area contributed by atoms with Gasteiger partial charge in [0.05, 0.1) is 0 Å². The number of rotatable bonds is 5. The number of hydrogen-bond acceptors (Lipinski definition) is 6. The molecule has 3 N–H and O–H groups in total. The summed E-state index contributed by atoms with van der Waals surface area (Å²) in [6.07, 6.45) is 2.37. The largest absolute Gasteiger partial charge is 0.508 e. The Balaban J connectivity index is 1.72. The lowest BCUT2D eigenvalue weighted by molar-refractivity contribution is -0.146. The third-order valence-electron chi connectivity index (χ3n) is 2.92. The van der Waals surface area contributed by atoms with Crippen molar-refractivity contribution in [1.29, 1.82) is 0 Å². The lowest BCUT2D eigenvalue weighted by Crippen LogP contribution is -2.21. The molecule has 21 heavy (non-hydrogen) atoms. The fourth-order valence-electron chi connectivity index (χ4n) is 1.76. The predicted molar refractivity (Wildman–Crippen MR) is 73.7 cm³/mol. The Hall–Kier alpha value is -2.63. The Kier molecular flexibility index (Phi) is 4.71. The first-order valence-corrected chi connectivity index (χ1v) is 6.44. The lowest BCUT2D eigenvalue weighted by atomic mass is 10.1. The van der Waals surface area contributed by atoms with E-state index in [1.807, 2.05) is 0 Å². The maximum Gasteiger partial charge on any atom is 0.306 e. The van der Waals surface area contributed by atoms with Crippen molar-refractivity contribution < 1.29 is 29.6 Å². The number of aromatic hydroxyl groups is 1. The molecular formula is C15H16O6. The number of phenols is 1. The second-order valence-corrected chi connectivity index (χ2v) is 4.58. The second kappa shape index (κ2) is 6.69. The Bertz CT molecular complexity index is 558. The Labute approximate surface area is 121 Å². The second-order valence-electron chi connectivity index (χ2n) is 4.58. The van der Waals surface area contributed by atoms with E-state index in [1.165, 1.54) is 6.08 Å². The van der Waals surface area contributed by atoms with E-state index >= 15 is 0 Å². The molecule has 0 amide bonds. The molecule has 2 rings (SSSR count). The molecule has 1 aliphatic heterocycles. The smallest absolute Gasteiger partial charge is 0.306 e. The SMILES string of the molecule is O=C(CCc1ccc(O)cc1)OCC1C=C(O)C(O)=CO1. The molecule has 6 heteroatoms. The van der Waals surface area contributed by atoms with Crippen LogP contribution in [0.3, 0.4) is 0 Å². The van der Waals surface area contributed by atoms with E-state index in [4.69, 9.17) is 19.7 Å². The summed E-state index contributed by atoms with van der Waals surface area (Å²) in [6, 6.07) is 6.59. The highest BCUT2D eigenvalue weighted by atomic mass is 16.6. The van der Waals surface area contributed by atoms with E-state index in [0.717, 1.165) is 11.8 Å². The molecule has 1 aliphatic rings. The molecule has 0 fully saturated rings. The van der Waals surface area contributed by atoms with Crippen LogP contribution in [0.25, 0.3) is 0 Å². The fourth-order valence-corrected chi connectivity index (χ4v) is 1.76. The van der Waals surface area contributed by atoms with Crippen LogP contribution in [-0.2, 0) is 20.7 Å². The average molecular weight is 292 g/mol. The maximum atomic E-state index is 11.6. The van der Waals surface area contributed by atoms with Gasteiger partial charge < -0.3 is 24.8 Å². The molecule has 0 saturated heterocycles. The molecular weight excluding hydrogens is 276 g/mol. The molecule has 0 saturated carbocycles. The molecule has 1 heterocycles. The van der Waals surface area contributed by atoms with Crippen molar-refractivity contribution in [2.75, 3.05) is 6.61 Å². The molecule has 0 bridgehead atoms. The van der Waals surface area contributed by atoms with Crippen molar-refractivity contribution in [3.63, 3.8) is 0 Å². The number of aliphatic hydroxyl groups excluding tert-OH is 2. The summed E-state index contributed by atoms with van der Waals surface area (Å²) in [5, 5.41) is 27.5. The average Bonchev–Trinajstić information content (AvgIpc) is 2.48. The van der Waals surface area contributed by atoms with E-state index in [-0.39, 0.29) is 30.3 Å². The van der Waals surface area contributed by atoms with E-state index < -0.39 is 12.1 Å². The summed E-state index contributed by atoms with van der Waals surface area (Å²) in [6.45, 7) is -0.0394. The molecule has 1 atom stereocenters. The molecule has 6 nitrogen and oxygen atoms in total. The van der Waals surface area contributed by atoms with Crippen LogP contribution in [0.4, 0.5) is 0 Å². The number of carbonyl (C=O) groups is 1. The highest BCUT2D eigenvalue weighted by molar-refractivity contribution is 5.69. The predicted octanol–water partition coefficient (Wildman–Crippen LogP) is 2.11. The zero-order chi connectivity index (χ0) is 15.2. The van der Waals surface area contributed by atoms with Crippen LogP contribution in [0.15, 0.2) is 48.1 Å². The molecule has 0 aliphatic carbocycles. The normalized spacial score (nSPS) is 17.4. The fraction of sp³-hybridized carbons (Fsp3) is 0.267. The van der Waals surface area contributed by atoms with Gasteiger partial charge in [0.2, 0.25) is 0 Å². The first kappa shape index (κ1) is 14.8. The third kappa shape index (κ3) is 4.45. The lowest BCUT2D eigenvalue weighted by Gasteiger charge is -2.17. The van der Waals surface area contributed by atoms with Crippen molar-refractivity contribution in [1.82, 2.24) is 0 Å². The minimum atomic E-state index is -0.612. The zero-order valence-corrected chi connectivity index (χ0v) is 11.2. The summed E-state index contributed by atoms with van der Waals surface area (Å²) in [5.41, 5.74) is 0.920. The highest BCUT2D eigenvalue weighted by Gasteiger charge is 2.17. The van der Waals surface area contributed by atoms with Gasteiger partial charge in [-0.15, -0.1) is 0 Å². The van der Waals surface area contributed by atoms with Gasteiger partial charge in [0, 0.05) is 12.5 Å². The standard InChI is InChI=1S/C15H16O6/c16-11-4-1-10(2-5-11)3-6-15(19)21-8-12-7-13(17)14(18)9-20-12/h1-2,4-5,7,9,12,16-18H,3,6,8H2. The number of phenolic OH excluding ortho intramolecular Hbond substituents is 1. The van der Waals surface area contributed by atoms with Gasteiger partial charge in [-0.3, -0.25) is 4.79 Å². The van der Waals surface area contributed by atoms with Crippen molar-refractivity contribution in [2.24, 2.45) is 0 Å². The molecule has 0 radical (unpaired) electrons. The zero-order valence-electron chi connectivity index (χ0n) is 11.2. The van der Waals surface area contributed by atoms with Gasteiger partial charge in [0.25, 0.3) is 0 Å². The van der Waals surface area contributed by atoms with Crippen LogP contribution in [0.1, 0.15) is 12.0 Å². The molecule has 0 spiro atoms. The van der Waals surface area contributed by atoms with E-state index in [9.17, 15) is 9.90 Å². The number of aryl methyl sites for hydroxylation is 1. The Morgan fingerprint density at radius 1 is 1.14 bits per heavy atom. The topological polar surface area (TPSA) is 96.2 Å². The number of benzene rings is 1. The first-order chi connectivity index (χ1) is 10.0. The minimum absolute atomic E-state index is 0.0394. The Morgan fingerprint density at radius 2 is 1.86 bits per heavy atom. The molecule has 1 aromatic carbocycles. The number of carbonyl (C=O) groups excluding carboxylic acids is 1. The summed E-state index contributed by atoms with van der Waals surface area (Å²) < 4.78 is 10.1. The number of aliphatic hydroxyl groups is 2. The van der Waals surface area contributed by atoms with Gasteiger partial charge in [-0.25, -0.2) is 0 Å². The number of ether oxygens (including phenoxy) is 2. The summed E-state index contributed by atoms with van der Waals surface area (Å²) in [7, 11) is 0. The van der Waals surface area contributed by atoms with Crippen molar-refractivity contribution >= 4 is 5.97 Å². The number of hydrogen-bond donors (Lipinski definition) is 3. The third-order valence-corrected chi connectivity index (χ3v) is 2.92. The first-order valence-electron chi connectivity index (χ1n) is 6.44. The van der Waals surface area contributed by atoms with Crippen molar-refractivity contribution in [2.45, 2.75) is 18.9 Å². The van der Waals surface area contributed by atoms with Crippen LogP contribution >= 0.6 is 0 Å². The quantitative estimate of drug-likeness (QED) is 0.719. The monoisotopic (exact) mass is 292 g/mol. The van der Waals surface area contributed by atoms with E-state index in [1.54, 1.807) is 24.3 Å². The molecule has 1 aromatic rings. The van der Waals surface area contributed by atoms with Crippen molar-refractivity contribution in [3.05, 3.63) is 53.7 Å². The van der Waals surface area contributed by atoms with Crippen LogP contribution in [-0.4, -0.2) is 34.0 Å². The van der Waals surface area contributed by atoms with Crippen molar-refractivity contribution in [3.8, 4) is 5.75 Å². The number of esters is 1. The molecule has 112 valence electrons. The van der Waals surface area contributed by atoms with Gasteiger partial charge in [-0.1, -0.05) is 12.1 Å². The van der Waals surface area contributed by atoms with Crippen LogP contribution in [0, 0.1) is 0 Å². The highest BCUT2D eigenvalue weighted by Crippen LogP contribution is 2.14. The Morgan fingerprint density at radius 3 is 2.52 bits per heavy atom. The summed E-state index contributed by atoms with van der Waals surface area (Å²) >= 11 is 0. The molecule has 1 unspecified atom stereocenters. The summed E-state index contributed by atoms with van der Waals surface area (Å²) in [4.78, 5) is 11.6. The van der Waals surface area contributed by atoms with Gasteiger partial charge in [-0.05, 0) is 24.1 Å². The molecule has 0 aromatic heterocycles. The van der Waals surface area contributed by atoms with E-state index in [2.05, 4.69) is 0 Å². The van der Waals surface area contributed by atoms with Gasteiger partial charge in [0.1, 0.15) is 18.6 Å². The van der Waals surface area contributed by atoms with Gasteiger partial charge >= 0.3 is 5.97 Å². The van der Waals surface area contributed by atoms with Crippen LogP contribution < -0.4 is 0 Å². The van der Waals surface area contributed by atoms with Gasteiger partial charge in [0.15, 0.2) is 17.6 Å². The van der Waals surface area contributed by atoms with Crippen LogP contribution in [0.5, 0.6) is 5.75 Å². The summed E-state index contributed by atoms with van der Waals surface area (Å²) in [5.74, 6) is -0.867. The maximum absolute atomic E-state index is 11.6. The minimum Gasteiger partial charge on any atom is -0.508 e. The van der Waals surface area contributed by atoms with Crippen LogP contribution in [0.2, 0.25) is 0 Å². The van der Waals surface area contributed by atoms with Gasteiger partial charge in [-0.2, -0.15) is 0 Å². The van der Waals surface area contributed by atoms with E-state index in [0.29, 0.717) is 6.42 Å².